The summed E-state index contributed by atoms with van der Waals surface area (Å²) in [7, 11) is 4.96. The lowest BCUT2D eigenvalue weighted by molar-refractivity contribution is -0.118. The average Bonchev–Trinajstić information content (AvgIpc) is 2.42. The van der Waals surface area contributed by atoms with E-state index in [0.717, 1.165) is 12.1 Å². The van der Waals surface area contributed by atoms with Gasteiger partial charge in [-0.15, -0.1) is 0 Å². The summed E-state index contributed by atoms with van der Waals surface area (Å²) in [6.07, 6.45) is 1.46. The molecule has 0 N–H and O–H groups in total. The van der Waals surface area contributed by atoms with Crippen molar-refractivity contribution in [1.82, 2.24) is 0 Å². The number of anilines is 1. The normalized spacial score (nSPS) is 10.4. The minimum Gasteiger partial charge on any atom is -0.493 e. The summed E-state index contributed by atoms with van der Waals surface area (Å²) < 4.78 is 10.4. The van der Waals surface area contributed by atoms with E-state index >= 15 is 0 Å². The Kier molecular flexibility index (Phi) is 5.67. The number of carbonyl (C=O) groups excluding carboxylic acids is 1. The molecule has 0 fully saturated rings. The molecule has 0 bridgehead atoms. The SMILES string of the molecule is COc1ccc(N(C)C(=O)CCC(C)C)cc1OC. The quantitative estimate of drug-likeness (QED) is 0.793. The Hall–Kier alpha value is -1.71. The molecule has 1 aromatic rings. The predicted molar refractivity (Wildman–Crippen MR) is 77.0 cm³/mol. The van der Waals surface area contributed by atoms with Crippen LogP contribution < -0.4 is 14.4 Å². The molecule has 0 saturated heterocycles. The van der Waals surface area contributed by atoms with Gasteiger partial charge in [0.15, 0.2) is 11.5 Å². The lowest BCUT2D eigenvalue weighted by Crippen LogP contribution is -2.26. The molecule has 19 heavy (non-hydrogen) atoms. The maximum atomic E-state index is 12.1. The molecule has 0 aliphatic heterocycles. The van der Waals surface area contributed by atoms with Crippen LogP contribution in [0.3, 0.4) is 0 Å². The summed E-state index contributed by atoms with van der Waals surface area (Å²) in [5, 5.41) is 0. The standard InChI is InChI=1S/C15H23NO3/c1-11(2)6-9-15(17)16(3)12-7-8-13(18-4)14(10-12)19-5/h7-8,10-11H,6,9H2,1-5H3. The monoisotopic (exact) mass is 265 g/mol. The third-order valence-corrected chi connectivity index (χ3v) is 3.06. The number of amides is 1. The average molecular weight is 265 g/mol. The van der Waals surface area contributed by atoms with Crippen molar-refractivity contribution >= 4 is 11.6 Å². The van der Waals surface area contributed by atoms with Gasteiger partial charge in [-0.3, -0.25) is 4.79 Å². The van der Waals surface area contributed by atoms with Crippen LogP contribution in [0.1, 0.15) is 26.7 Å². The first-order valence-corrected chi connectivity index (χ1v) is 6.48. The minimum absolute atomic E-state index is 0.112. The van der Waals surface area contributed by atoms with Crippen LogP contribution in [0.25, 0.3) is 0 Å². The van der Waals surface area contributed by atoms with Gasteiger partial charge in [0.25, 0.3) is 0 Å². The van der Waals surface area contributed by atoms with Gasteiger partial charge < -0.3 is 14.4 Å². The molecule has 1 rings (SSSR count). The number of nitrogens with zero attached hydrogens (tertiary/aromatic N) is 1. The maximum absolute atomic E-state index is 12.1. The van der Waals surface area contributed by atoms with Crippen LogP contribution in [0.15, 0.2) is 18.2 Å². The van der Waals surface area contributed by atoms with Gasteiger partial charge in [0, 0.05) is 25.2 Å². The summed E-state index contributed by atoms with van der Waals surface area (Å²) in [6.45, 7) is 4.23. The number of rotatable bonds is 6. The van der Waals surface area contributed by atoms with Crippen LogP contribution in [0, 0.1) is 5.92 Å². The fourth-order valence-corrected chi connectivity index (χ4v) is 1.76. The zero-order chi connectivity index (χ0) is 14.4. The molecule has 0 aliphatic rings. The number of carbonyl (C=O) groups is 1. The first-order chi connectivity index (χ1) is 8.99. The Labute approximate surface area is 115 Å². The number of methoxy groups -OCH3 is 2. The molecule has 0 unspecified atom stereocenters. The van der Waals surface area contributed by atoms with E-state index in [1.807, 2.05) is 12.1 Å². The molecule has 0 heterocycles. The van der Waals surface area contributed by atoms with E-state index in [1.54, 1.807) is 32.2 Å². The van der Waals surface area contributed by atoms with Crippen molar-refractivity contribution in [2.75, 3.05) is 26.2 Å². The number of ether oxygens (including phenoxy) is 2. The van der Waals surface area contributed by atoms with Crippen LogP contribution in [0.5, 0.6) is 11.5 Å². The zero-order valence-corrected chi connectivity index (χ0v) is 12.4. The summed E-state index contributed by atoms with van der Waals surface area (Å²) >= 11 is 0. The third kappa shape index (κ3) is 4.16. The molecule has 0 spiro atoms. The molecule has 0 saturated carbocycles. The minimum atomic E-state index is 0.112. The summed E-state index contributed by atoms with van der Waals surface area (Å²) in [6, 6.07) is 5.47. The molecule has 0 aliphatic carbocycles. The lowest BCUT2D eigenvalue weighted by atomic mass is 10.1. The van der Waals surface area contributed by atoms with Crippen molar-refractivity contribution in [3.05, 3.63) is 18.2 Å². The molecular weight excluding hydrogens is 242 g/mol. The van der Waals surface area contributed by atoms with Crippen molar-refractivity contribution in [3.63, 3.8) is 0 Å². The highest BCUT2D eigenvalue weighted by molar-refractivity contribution is 5.93. The highest BCUT2D eigenvalue weighted by Gasteiger charge is 2.13. The second-order valence-electron chi connectivity index (χ2n) is 4.92. The Morgan fingerprint density at radius 2 is 1.84 bits per heavy atom. The summed E-state index contributed by atoms with van der Waals surface area (Å²) in [4.78, 5) is 13.7. The highest BCUT2D eigenvalue weighted by Crippen LogP contribution is 2.31. The highest BCUT2D eigenvalue weighted by atomic mass is 16.5. The smallest absolute Gasteiger partial charge is 0.226 e. The van der Waals surface area contributed by atoms with Crippen LogP contribution in [-0.2, 0) is 4.79 Å². The molecule has 0 atom stereocenters. The van der Waals surface area contributed by atoms with Gasteiger partial charge in [0.05, 0.1) is 14.2 Å². The van der Waals surface area contributed by atoms with Crippen LogP contribution in [0.4, 0.5) is 5.69 Å². The van der Waals surface area contributed by atoms with Gasteiger partial charge in [-0.25, -0.2) is 0 Å². The maximum Gasteiger partial charge on any atom is 0.226 e. The van der Waals surface area contributed by atoms with E-state index < -0.39 is 0 Å². The Bertz CT molecular complexity index is 429. The van der Waals surface area contributed by atoms with Gasteiger partial charge in [0.2, 0.25) is 5.91 Å². The van der Waals surface area contributed by atoms with Gasteiger partial charge in [-0.05, 0) is 24.5 Å². The van der Waals surface area contributed by atoms with Gasteiger partial charge >= 0.3 is 0 Å². The molecule has 4 nitrogen and oxygen atoms in total. The summed E-state index contributed by atoms with van der Waals surface area (Å²) in [5.74, 6) is 1.93. The van der Waals surface area contributed by atoms with Gasteiger partial charge in [-0.1, -0.05) is 13.8 Å². The van der Waals surface area contributed by atoms with E-state index in [2.05, 4.69) is 13.8 Å². The van der Waals surface area contributed by atoms with Crippen molar-refractivity contribution in [3.8, 4) is 11.5 Å². The molecule has 0 radical (unpaired) electrons. The van der Waals surface area contributed by atoms with Gasteiger partial charge in [0.1, 0.15) is 0 Å². The fourth-order valence-electron chi connectivity index (χ4n) is 1.76. The second-order valence-corrected chi connectivity index (χ2v) is 4.92. The molecular formula is C15H23NO3. The van der Waals surface area contributed by atoms with Crippen molar-refractivity contribution in [1.29, 1.82) is 0 Å². The van der Waals surface area contributed by atoms with Crippen molar-refractivity contribution in [2.45, 2.75) is 26.7 Å². The van der Waals surface area contributed by atoms with E-state index in [-0.39, 0.29) is 5.91 Å². The lowest BCUT2D eigenvalue weighted by Gasteiger charge is -2.19. The van der Waals surface area contributed by atoms with Crippen LogP contribution in [0.2, 0.25) is 0 Å². The Morgan fingerprint density at radius 3 is 2.37 bits per heavy atom. The van der Waals surface area contributed by atoms with Crippen LogP contribution in [-0.4, -0.2) is 27.2 Å². The number of hydrogen-bond donors (Lipinski definition) is 0. The Morgan fingerprint density at radius 1 is 1.21 bits per heavy atom. The third-order valence-electron chi connectivity index (χ3n) is 3.06. The molecule has 106 valence electrons. The van der Waals surface area contributed by atoms with E-state index in [1.165, 1.54) is 0 Å². The molecule has 1 aromatic carbocycles. The number of hydrogen-bond acceptors (Lipinski definition) is 3. The van der Waals surface area contributed by atoms with E-state index in [0.29, 0.717) is 23.8 Å². The number of benzene rings is 1. The topological polar surface area (TPSA) is 38.8 Å². The fraction of sp³-hybridized carbons (Fsp3) is 0.533. The zero-order valence-electron chi connectivity index (χ0n) is 12.4. The first-order valence-electron chi connectivity index (χ1n) is 6.48. The molecule has 0 aromatic heterocycles. The molecule has 4 heteroatoms. The van der Waals surface area contributed by atoms with Gasteiger partial charge in [-0.2, -0.15) is 0 Å². The first kappa shape index (κ1) is 15.3. The van der Waals surface area contributed by atoms with Crippen molar-refractivity contribution < 1.29 is 14.3 Å². The molecule has 1 amide bonds. The van der Waals surface area contributed by atoms with Crippen LogP contribution >= 0.6 is 0 Å². The largest absolute Gasteiger partial charge is 0.493 e. The van der Waals surface area contributed by atoms with E-state index in [9.17, 15) is 4.79 Å². The Balaban J connectivity index is 2.81. The van der Waals surface area contributed by atoms with E-state index in [4.69, 9.17) is 9.47 Å². The predicted octanol–water partition coefficient (Wildman–Crippen LogP) is 3.10. The second kappa shape index (κ2) is 7.02. The summed E-state index contributed by atoms with van der Waals surface area (Å²) in [5.41, 5.74) is 0.811. The van der Waals surface area contributed by atoms with Crippen molar-refractivity contribution in [2.24, 2.45) is 5.92 Å².